The van der Waals surface area contributed by atoms with Gasteiger partial charge in [0.05, 0.1) is 0 Å². The van der Waals surface area contributed by atoms with Crippen LogP contribution in [-0.2, 0) is 14.4 Å². The lowest BCUT2D eigenvalue weighted by molar-refractivity contribution is -0.192. The first-order valence-corrected chi connectivity index (χ1v) is 5.93. The number of hydrogen-bond acceptors (Lipinski definition) is 4. The van der Waals surface area contributed by atoms with Crippen LogP contribution >= 0.6 is 0 Å². The number of nitrogens with one attached hydrogen (secondary N) is 1. The van der Waals surface area contributed by atoms with Crippen LogP contribution in [0.15, 0.2) is 0 Å². The Bertz CT molecular complexity index is 347. The minimum absolute atomic E-state index is 0.0255. The number of carboxylic acids is 3. The van der Waals surface area contributed by atoms with E-state index in [0.29, 0.717) is 0 Å². The van der Waals surface area contributed by atoms with E-state index in [0.717, 1.165) is 0 Å². The maximum Gasteiger partial charge on any atom is 0.490 e. The Labute approximate surface area is 118 Å². The Kier molecular flexibility index (Phi) is 9.36. The number of carboxylic acid groups (broad SMARTS) is 3. The van der Waals surface area contributed by atoms with E-state index in [1.807, 2.05) is 0 Å². The molecule has 1 rings (SSSR count). The minimum Gasteiger partial charge on any atom is -0.480 e. The molecule has 0 aromatic rings. The molecule has 0 atom stereocenters. The fourth-order valence-electron chi connectivity index (χ4n) is 0.769. The minimum atomic E-state index is -5.08. The second-order valence-corrected chi connectivity index (χ2v) is 4.10. The van der Waals surface area contributed by atoms with Crippen molar-refractivity contribution in [2.75, 3.05) is 13.1 Å². The monoisotopic (exact) mass is 317 g/mol. The van der Waals surface area contributed by atoms with E-state index in [-0.39, 0.29) is 13.1 Å². The van der Waals surface area contributed by atoms with Gasteiger partial charge in [0.15, 0.2) is 5.41 Å². The van der Waals surface area contributed by atoms with Gasteiger partial charge in [0.25, 0.3) is 0 Å². The van der Waals surface area contributed by atoms with Gasteiger partial charge in [-0.1, -0.05) is 26.7 Å². The topological polar surface area (TPSA) is 124 Å². The summed E-state index contributed by atoms with van der Waals surface area (Å²) < 4.78 is 31.7. The normalized spacial score (nSPS) is 15.3. The molecule has 0 saturated carbocycles. The van der Waals surface area contributed by atoms with Crippen molar-refractivity contribution in [2.24, 2.45) is 5.41 Å². The molecule has 124 valence electrons. The van der Waals surface area contributed by atoms with Crippen LogP contribution in [0.2, 0.25) is 0 Å². The highest BCUT2D eigenvalue weighted by molar-refractivity contribution is 6.00. The lowest BCUT2D eigenvalue weighted by atomic mass is 9.82. The molecule has 1 aliphatic heterocycles. The van der Waals surface area contributed by atoms with Crippen molar-refractivity contribution in [2.45, 2.75) is 32.9 Å². The molecule has 0 radical (unpaired) electrons. The van der Waals surface area contributed by atoms with Gasteiger partial charge in [0.2, 0.25) is 0 Å². The molecule has 0 aromatic heterocycles. The Balaban J connectivity index is 0. The summed E-state index contributed by atoms with van der Waals surface area (Å²) in [7, 11) is 0. The molecule has 0 unspecified atom stereocenters. The van der Waals surface area contributed by atoms with E-state index in [1.54, 1.807) is 0 Å². The first kappa shape index (κ1) is 21.5. The summed E-state index contributed by atoms with van der Waals surface area (Å²) in [6, 6.07) is 0. The smallest absolute Gasteiger partial charge is 0.480 e. The van der Waals surface area contributed by atoms with Crippen molar-refractivity contribution < 1.29 is 42.9 Å². The van der Waals surface area contributed by atoms with E-state index < -0.39 is 29.5 Å². The van der Waals surface area contributed by atoms with Crippen LogP contribution in [0.25, 0.3) is 0 Å². The van der Waals surface area contributed by atoms with Crippen molar-refractivity contribution in [3.8, 4) is 0 Å². The highest BCUT2D eigenvalue weighted by atomic mass is 19.4. The first-order valence-electron chi connectivity index (χ1n) is 5.93. The van der Waals surface area contributed by atoms with Crippen LogP contribution in [0.4, 0.5) is 13.2 Å². The number of halogens is 3. The van der Waals surface area contributed by atoms with Gasteiger partial charge >= 0.3 is 24.1 Å². The van der Waals surface area contributed by atoms with Crippen LogP contribution in [-0.4, -0.2) is 52.5 Å². The average Bonchev–Trinajstić information content (AvgIpc) is 2.26. The lowest BCUT2D eigenvalue weighted by Gasteiger charge is -2.33. The zero-order valence-corrected chi connectivity index (χ0v) is 11.5. The number of aliphatic carboxylic acids is 3. The van der Waals surface area contributed by atoms with Crippen molar-refractivity contribution in [1.29, 1.82) is 0 Å². The standard InChI is InChI=1S/C5H7NO4.C4H10.C2HF3O2/c7-3(8)5(4(9)10)1-6-2-5;1-3-4-2;3-2(4,5)1(6)7/h6H,1-2H2,(H,7,8)(H,9,10);3-4H2,1-2H3;(H,6,7). The van der Waals surface area contributed by atoms with E-state index in [1.165, 1.54) is 12.8 Å². The fraction of sp³-hybridized carbons (Fsp3) is 0.727. The Morgan fingerprint density at radius 1 is 1.00 bits per heavy atom. The van der Waals surface area contributed by atoms with Gasteiger partial charge in [-0.2, -0.15) is 13.2 Å². The fourth-order valence-corrected chi connectivity index (χ4v) is 0.769. The van der Waals surface area contributed by atoms with Gasteiger partial charge in [0, 0.05) is 13.1 Å². The Morgan fingerprint density at radius 3 is 1.29 bits per heavy atom. The lowest BCUT2D eigenvalue weighted by Crippen LogP contribution is -2.62. The summed E-state index contributed by atoms with van der Waals surface area (Å²) in [5.41, 5.74) is -1.56. The molecule has 1 fully saturated rings. The number of carbonyl (C=O) groups is 3. The van der Waals surface area contributed by atoms with Gasteiger partial charge in [0.1, 0.15) is 0 Å². The van der Waals surface area contributed by atoms with Crippen molar-refractivity contribution in [3.05, 3.63) is 0 Å². The molecular formula is C11H18F3NO6. The second kappa shape index (κ2) is 9.16. The molecule has 0 spiro atoms. The van der Waals surface area contributed by atoms with Crippen molar-refractivity contribution >= 4 is 17.9 Å². The van der Waals surface area contributed by atoms with E-state index in [9.17, 15) is 22.8 Å². The molecule has 21 heavy (non-hydrogen) atoms. The van der Waals surface area contributed by atoms with Gasteiger partial charge in [-0.15, -0.1) is 0 Å². The predicted octanol–water partition coefficient (Wildman–Crippen LogP) is 1.18. The molecule has 1 heterocycles. The third-order valence-corrected chi connectivity index (χ3v) is 2.41. The van der Waals surface area contributed by atoms with Crippen LogP contribution in [0.3, 0.4) is 0 Å². The van der Waals surface area contributed by atoms with Crippen LogP contribution < -0.4 is 5.32 Å². The number of alkyl halides is 3. The summed E-state index contributed by atoms with van der Waals surface area (Å²) >= 11 is 0. The second-order valence-electron chi connectivity index (χ2n) is 4.10. The van der Waals surface area contributed by atoms with Crippen LogP contribution in [0.1, 0.15) is 26.7 Å². The molecule has 1 saturated heterocycles. The number of rotatable bonds is 3. The van der Waals surface area contributed by atoms with E-state index in [2.05, 4.69) is 19.2 Å². The predicted molar refractivity (Wildman–Crippen MR) is 64.8 cm³/mol. The third kappa shape index (κ3) is 7.49. The molecule has 0 bridgehead atoms. The summed E-state index contributed by atoms with van der Waals surface area (Å²) in [4.78, 5) is 29.5. The summed E-state index contributed by atoms with van der Waals surface area (Å²) in [6.45, 7) is 4.41. The molecule has 0 amide bonds. The third-order valence-electron chi connectivity index (χ3n) is 2.41. The average molecular weight is 317 g/mol. The maximum absolute atomic E-state index is 10.6. The molecular weight excluding hydrogens is 299 g/mol. The van der Waals surface area contributed by atoms with Crippen LogP contribution in [0.5, 0.6) is 0 Å². The molecule has 0 aliphatic carbocycles. The van der Waals surface area contributed by atoms with Crippen molar-refractivity contribution in [3.63, 3.8) is 0 Å². The molecule has 4 N–H and O–H groups in total. The van der Waals surface area contributed by atoms with Crippen LogP contribution in [0, 0.1) is 5.41 Å². The van der Waals surface area contributed by atoms with E-state index >= 15 is 0 Å². The molecule has 0 aromatic carbocycles. The highest BCUT2D eigenvalue weighted by Gasteiger charge is 2.51. The zero-order valence-electron chi connectivity index (χ0n) is 11.5. The molecule has 10 heteroatoms. The largest absolute Gasteiger partial charge is 0.490 e. The maximum atomic E-state index is 10.6. The van der Waals surface area contributed by atoms with Gasteiger partial charge < -0.3 is 20.6 Å². The van der Waals surface area contributed by atoms with Gasteiger partial charge in [-0.3, -0.25) is 9.59 Å². The molecule has 7 nitrogen and oxygen atoms in total. The first-order chi connectivity index (χ1) is 9.45. The summed E-state index contributed by atoms with van der Waals surface area (Å²) in [6.07, 6.45) is -2.44. The number of unbranched alkanes of at least 4 members (excludes halogenated alkanes) is 1. The van der Waals surface area contributed by atoms with Gasteiger partial charge in [-0.25, -0.2) is 4.79 Å². The summed E-state index contributed by atoms with van der Waals surface area (Å²) in [5.74, 6) is -5.29. The van der Waals surface area contributed by atoms with Crippen molar-refractivity contribution in [1.82, 2.24) is 5.32 Å². The zero-order chi connectivity index (χ0) is 17.3. The SMILES string of the molecule is CCCC.O=C(O)C(F)(F)F.O=C(O)C1(C(=O)O)CNC1. The quantitative estimate of drug-likeness (QED) is 0.576. The Morgan fingerprint density at radius 2 is 1.29 bits per heavy atom. The number of hydrogen-bond donors (Lipinski definition) is 4. The molecule has 1 aliphatic rings. The highest BCUT2D eigenvalue weighted by Crippen LogP contribution is 2.22. The Hall–Kier alpha value is -1.84. The van der Waals surface area contributed by atoms with E-state index in [4.69, 9.17) is 20.1 Å². The van der Waals surface area contributed by atoms with Gasteiger partial charge in [-0.05, 0) is 0 Å². The summed E-state index contributed by atoms with van der Waals surface area (Å²) in [5, 5.41) is 26.6.